The van der Waals surface area contributed by atoms with E-state index in [0.29, 0.717) is 12.1 Å². The summed E-state index contributed by atoms with van der Waals surface area (Å²) in [5.41, 5.74) is 5.07. The van der Waals surface area contributed by atoms with Gasteiger partial charge in [0.25, 0.3) is 0 Å². The Hall–Kier alpha value is -0.610. The Labute approximate surface area is 85.2 Å². The molecule has 1 heterocycles. The van der Waals surface area contributed by atoms with Crippen molar-refractivity contribution in [1.29, 1.82) is 0 Å². The van der Waals surface area contributed by atoms with Gasteiger partial charge in [-0.25, -0.2) is 0 Å². The van der Waals surface area contributed by atoms with Crippen molar-refractivity contribution in [1.82, 2.24) is 5.32 Å². The van der Waals surface area contributed by atoms with E-state index >= 15 is 0 Å². The molecular formula is C10H20N2O2. The predicted molar refractivity (Wildman–Crippen MR) is 54.9 cm³/mol. The fourth-order valence-electron chi connectivity index (χ4n) is 1.83. The van der Waals surface area contributed by atoms with Crippen molar-refractivity contribution in [3.63, 3.8) is 0 Å². The summed E-state index contributed by atoms with van der Waals surface area (Å²) in [5.74, 6) is -0.288. The van der Waals surface area contributed by atoms with E-state index in [1.165, 1.54) is 0 Å². The number of hydrogen-bond acceptors (Lipinski definition) is 3. The zero-order valence-electron chi connectivity index (χ0n) is 8.79. The Morgan fingerprint density at radius 1 is 1.64 bits per heavy atom. The molecule has 2 atom stereocenters. The number of primary amides is 1. The molecule has 1 rings (SSSR count). The van der Waals surface area contributed by atoms with Crippen LogP contribution in [0.5, 0.6) is 0 Å². The van der Waals surface area contributed by atoms with Gasteiger partial charge in [-0.1, -0.05) is 13.3 Å². The minimum atomic E-state index is -0.288. The summed E-state index contributed by atoms with van der Waals surface area (Å²) in [4.78, 5) is 10.6. The lowest BCUT2D eigenvalue weighted by atomic mass is 10.0. The van der Waals surface area contributed by atoms with Gasteiger partial charge in [0.05, 0.1) is 12.6 Å². The Kier molecular flexibility index (Phi) is 4.90. The van der Waals surface area contributed by atoms with E-state index in [-0.39, 0.29) is 12.5 Å². The first-order chi connectivity index (χ1) is 6.72. The minimum absolute atomic E-state index is 0.281. The quantitative estimate of drug-likeness (QED) is 0.675. The topological polar surface area (TPSA) is 64.3 Å². The van der Waals surface area contributed by atoms with Gasteiger partial charge < -0.3 is 15.8 Å². The summed E-state index contributed by atoms with van der Waals surface area (Å²) < 4.78 is 5.60. The number of nitrogens with two attached hydrogens (primary N) is 1. The van der Waals surface area contributed by atoms with E-state index in [1.807, 2.05) is 0 Å². The zero-order chi connectivity index (χ0) is 10.4. The standard InChI is InChI=1S/C10H20N2O2/c1-2-3-9-6-8(4-5-14-9)12-7-10(11)13/h8-9,12H,2-7H2,1H3,(H2,11,13). The molecule has 0 bridgehead atoms. The lowest BCUT2D eigenvalue weighted by Crippen LogP contribution is -2.42. The van der Waals surface area contributed by atoms with Crippen molar-refractivity contribution >= 4 is 5.91 Å². The van der Waals surface area contributed by atoms with Crippen LogP contribution in [0.3, 0.4) is 0 Å². The largest absolute Gasteiger partial charge is 0.378 e. The number of nitrogens with one attached hydrogen (secondary N) is 1. The summed E-state index contributed by atoms with van der Waals surface area (Å²) in [6.07, 6.45) is 4.59. The molecule has 0 aromatic rings. The van der Waals surface area contributed by atoms with Gasteiger partial charge in [0.1, 0.15) is 0 Å². The molecule has 1 fully saturated rings. The molecule has 0 aromatic carbocycles. The molecule has 1 saturated heterocycles. The third-order valence-corrected chi connectivity index (χ3v) is 2.54. The Bertz CT molecular complexity index is 183. The summed E-state index contributed by atoms with van der Waals surface area (Å²) in [7, 11) is 0. The van der Waals surface area contributed by atoms with Crippen molar-refractivity contribution in [3.05, 3.63) is 0 Å². The van der Waals surface area contributed by atoms with Gasteiger partial charge >= 0.3 is 0 Å². The van der Waals surface area contributed by atoms with Crippen LogP contribution in [0.4, 0.5) is 0 Å². The smallest absolute Gasteiger partial charge is 0.231 e. The van der Waals surface area contributed by atoms with Gasteiger partial charge in [-0.2, -0.15) is 0 Å². The van der Waals surface area contributed by atoms with E-state index in [1.54, 1.807) is 0 Å². The molecule has 2 unspecified atom stereocenters. The highest BCUT2D eigenvalue weighted by Gasteiger charge is 2.21. The summed E-state index contributed by atoms with van der Waals surface area (Å²) in [6, 6.07) is 0.396. The average molecular weight is 200 g/mol. The van der Waals surface area contributed by atoms with Crippen LogP contribution in [0, 0.1) is 0 Å². The highest BCUT2D eigenvalue weighted by molar-refractivity contribution is 5.75. The second kappa shape index (κ2) is 5.98. The van der Waals surface area contributed by atoms with E-state index in [4.69, 9.17) is 10.5 Å². The Morgan fingerprint density at radius 3 is 3.07 bits per heavy atom. The molecule has 0 radical (unpaired) electrons. The molecule has 4 nitrogen and oxygen atoms in total. The number of amides is 1. The van der Waals surface area contributed by atoms with Crippen LogP contribution >= 0.6 is 0 Å². The average Bonchev–Trinajstić information content (AvgIpc) is 2.16. The second-order valence-corrected chi connectivity index (χ2v) is 3.85. The van der Waals surface area contributed by atoms with Crippen LogP contribution in [0.2, 0.25) is 0 Å². The molecule has 0 aromatic heterocycles. The molecule has 1 aliphatic heterocycles. The van der Waals surface area contributed by atoms with Crippen LogP contribution in [-0.4, -0.2) is 31.2 Å². The summed E-state index contributed by atoms with van der Waals surface area (Å²) in [6.45, 7) is 3.23. The molecule has 3 N–H and O–H groups in total. The van der Waals surface area contributed by atoms with E-state index in [0.717, 1.165) is 32.3 Å². The Balaban J connectivity index is 2.21. The van der Waals surface area contributed by atoms with E-state index in [9.17, 15) is 4.79 Å². The van der Waals surface area contributed by atoms with Gasteiger partial charge in [0.15, 0.2) is 0 Å². The fraction of sp³-hybridized carbons (Fsp3) is 0.900. The number of hydrogen-bond donors (Lipinski definition) is 2. The third-order valence-electron chi connectivity index (χ3n) is 2.54. The fourth-order valence-corrected chi connectivity index (χ4v) is 1.83. The van der Waals surface area contributed by atoms with Gasteiger partial charge in [-0.05, 0) is 19.3 Å². The minimum Gasteiger partial charge on any atom is -0.378 e. The monoisotopic (exact) mass is 200 g/mol. The van der Waals surface area contributed by atoms with E-state index < -0.39 is 0 Å². The molecule has 0 spiro atoms. The highest BCUT2D eigenvalue weighted by Crippen LogP contribution is 2.17. The molecular weight excluding hydrogens is 180 g/mol. The van der Waals surface area contributed by atoms with Crippen LogP contribution in [0.25, 0.3) is 0 Å². The maximum Gasteiger partial charge on any atom is 0.231 e. The van der Waals surface area contributed by atoms with Crippen molar-refractivity contribution in [2.24, 2.45) is 5.73 Å². The van der Waals surface area contributed by atoms with E-state index in [2.05, 4.69) is 12.2 Å². The van der Waals surface area contributed by atoms with Gasteiger partial charge in [0.2, 0.25) is 5.91 Å². The predicted octanol–water partition coefficient (Wildman–Crippen LogP) is 0.409. The maximum atomic E-state index is 10.6. The van der Waals surface area contributed by atoms with Crippen molar-refractivity contribution in [3.8, 4) is 0 Å². The van der Waals surface area contributed by atoms with Gasteiger partial charge in [0, 0.05) is 12.6 Å². The molecule has 1 amide bonds. The van der Waals surface area contributed by atoms with Crippen LogP contribution < -0.4 is 11.1 Å². The first-order valence-electron chi connectivity index (χ1n) is 5.35. The van der Waals surface area contributed by atoms with Crippen molar-refractivity contribution in [2.75, 3.05) is 13.2 Å². The molecule has 14 heavy (non-hydrogen) atoms. The van der Waals surface area contributed by atoms with Crippen LogP contribution in [0.15, 0.2) is 0 Å². The maximum absolute atomic E-state index is 10.6. The summed E-state index contributed by atoms with van der Waals surface area (Å²) >= 11 is 0. The highest BCUT2D eigenvalue weighted by atomic mass is 16.5. The molecule has 0 saturated carbocycles. The van der Waals surface area contributed by atoms with Crippen molar-refractivity contribution in [2.45, 2.75) is 44.8 Å². The first kappa shape index (κ1) is 11.5. The lowest BCUT2D eigenvalue weighted by Gasteiger charge is -2.29. The molecule has 82 valence electrons. The third kappa shape index (κ3) is 4.07. The normalized spacial score (nSPS) is 27.5. The lowest BCUT2D eigenvalue weighted by molar-refractivity contribution is -0.117. The molecule has 1 aliphatic rings. The summed E-state index contributed by atoms with van der Waals surface area (Å²) in [5, 5.41) is 3.15. The van der Waals surface area contributed by atoms with Gasteiger partial charge in [-0.15, -0.1) is 0 Å². The van der Waals surface area contributed by atoms with Crippen LogP contribution in [-0.2, 0) is 9.53 Å². The first-order valence-corrected chi connectivity index (χ1v) is 5.35. The van der Waals surface area contributed by atoms with Gasteiger partial charge in [-0.3, -0.25) is 4.79 Å². The number of carbonyl (C=O) groups excluding carboxylic acids is 1. The van der Waals surface area contributed by atoms with Crippen LogP contribution in [0.1, 0.15) is 32.6 Å². The molecule has 4 heteroatoms. The zero-order valence-corrected chi connectivity index (χ0v) is 8.79. The number of carbonyl (C=O) groups is 1. The Morgan fingerprint density at radius 2 is 2.43 bits per heavy atom. The van der Waals surface area contributed by atoms with Crippen molar-refractivity contribution < 1.29 is 9.53 Å². The SMILES string of the molecule is CCCC1CC(NCC(N)=O)CCO1. The second-order valence-electron chi connectivity index (χ2n) is 3.85. The molecule has 0 aliphatic carbocycles. The number of rotatable bonds is 5. The number of ether oxygens (including phenoxy) is 1.